The maximum absolute atomic E-state index is 12.8. The Hall–Kier alpha value is -7.14. The largest absolute Gasteiger partial charge is 0.490 e. The van der Waals surface area contributed by atoms with Crippen LogP contribution in [0.25, 0.3) is 34.2 Å². The van der Waals surface area contributed by atoms with Gasteiger partial charge in [-0.25, -0.2) is 29.3 Å². The lowest BCUT2D eigenvalue weighted by molar-refractivity contribution is 0.0521. The van der Waals surface area contributed by atoms with Crippen molar-refractivity contribution in [2.75, 3.05) is 67.6 Å². The van der Waals surface area contributed by atoms with Gasteiger partial charge in [0.25, 0.3) is 0 Å². The predicted octanol–water partition coefficient (Wildman–Crippen LogP) is 12.9. The molecule has 0 spiro atoms. The molecule has 0 radical (unpaired) electrons. The second-order valence-electron chi connectivity index (χ2n) is 26.3. The Labute approximate surface area is 548 Å². The van der Waals surface area contributed by atoms with Gasteiger partial charge in [0.1, 0.15) is 16.7 Å². The van der Waals surface area contributed by atoms with Crippen molar-refractivity contribution < 1.29 is 57.8 Å². The van der Waals surface area contributed by atoms with Gasteiger partial charge in [-0.15, -0.1) is 0 Å². The van der Waals surface area contributed by atoms with E-state index in [0.717, 1.165) is 74.5 Å². The second kappa shape index (κ2) is 27.4. The molecule has 6 atom stereocenters. The van der Waals surface area contributed by atoms with Crippen LogP contribution in [0.4, 0.5) is 0 Å². The summed E-state index contributed by atoms with van der Waals surface area (Å²) in [6.45, 7) is 18.3. The van der Waals surface area contributed by atoms with Crippen molar-refractivity contribution in [2.45, 2.75) is 142 Å². The van der Waals surface area contributed by atoms with Gasteiger partial charge in [-0.1, -0.05) is 76.3 Å². The minimum Gasteiger partial charge on any atom is -0.490 e. The summed E-state index contributed by atoms with van der Waals surface area (Å²) >= 11 is 19.3. The van der Waals surface area contributed by atoms with Crippen LogP contribution in [0.5, 0.6) is 17.2 Å². The topological polar surface area (TPSA) is 261 Å². The second-order valence-corrected chi connectivity index (χ2v) is 27.4. The lowest BCUT2D eigenvalue weighted by Crippen LogP contribution is -2.32. The maximum atomic E-state index is 12.8. The van der Waals surface area contributed by atoms with Crippen LogP contribution in [-0.4, -0.2) is 124 Å². The SMILES string of the molecule is CCOC(=O)c1cn2c(cc1=O)-c1nc(Cl)c(OCCCOC)cc1C1CCC(C)(C)C12.COCCCOc1cc2c(nc1Cl)-c1cc(=O)c(C(=O)O)cn1C1C2CCC1(C)C.COCCCOc1cc2c(nc1Cl)-c1cc(=O)c(C(=O)O)cn1[C@H]1[C@@H]2CCC1(C)C. The number of aromatic carboxylic acids is 2. The minimum absolute atomic E-state index is 0.0167. The van der Waals surface area contributed by atoms with E-state index < -0.39 is 28.8 Å². The monoisotopic (exact) mass is 1320 g/mol. The fourth-order valence-corrected chi connectivity index (χ4v) is 15.4. The number of hydrogen-bond donors (Lipinski definition) is 2. The number of fused-ring (bicyclic) bond motifs is 18. The smallest absolute Gasteiger partial charge is 0.343 e. The van der Waals surface area contributed by atoms with Crippen molar-refractivity contribution in [3.63, 3.8) is 0 Å². The third kappa shape index (κ3) is 13.1. The van der Waals surface area contributed by atoms with Crippen LogP contribution in [0.2, 0.25) is 15.5 Å². The number of aromatic nitrogens is 6. The summed E-state index contributed by atoms with van der Waals surface area (Å²) in [6, 6.07) is 10.2. The molecule has 3 aliphatic heterocycles. The Bertz CT molecular complexity index is 3860. The molecule has 0 amide bonds. The molecule has 24 heteroatoms. The highest BCUT2D eigenvalue weighted by atomic mass is 35.5. The van der Waals surface area contributed by atoms with Gasteiger partial charge in [-0.3, -0.25) is 14.4 Å². The zero-order valence-corrected chi connectivity index (χ0v) is 55.8. The van der Waals surface area contributed by atoms with E-state index in [1.807, 2.05) is 31.9 Å². The first-order valence-electron chi connectivity index (χ1n) is 31.2. The van der Waals surface area contributed by atoms with Gasteiger partial charge < -0.3 is 57.1 Å². The van der Waals surface area contributed by atoms with Crippen molar-refractivity contribution in [1.29, 1.82) is 0 Å². The number of rotatable bonds is 19. The molecular formula is C68H79Cl3N6O15. The molecule has 9 heterocycles. The van der Waals surface area contributed by atoms with Crippen LogP contribution >= 0.6 is 34.8 Å². The summed E-state index contributed by atoms with van der Waals surface area (Å²) in [7, 11) is 4.94. The van der Waals surface area contributed by atoms with Crippen molar-refractivity contribution in [1.82, 2.24) is 28.7 Å². The standard InChI is InChI=1S/C24H29ClN2O5.2C22H25ClN2O5/c1-5-31-23(29)16-13-27-17(12-18(16)28)20-15(14-7-8-24(2,3)21(14)27)11-19(22(25)26-20)32-10-6-9-30-4;2*1-22(2)6-5-12-13-9-17(30-8-4-7-29-3)20(23)24-18(13)15-10-16(26)14(21(27)28)11-25(15)19(12)22/h11-14,21H,5-10H2,1-4H3;2*9-12,19H,4-8H2,1-3H3,(H,27,28)/t;12-,19+;/m.1./s1. The quantitative estimate of drug-likeness (QED) is 0.0434. The predicted molar refractivity (Wildman–Crippen MR) is 347 cm³/mol. The molecule has 0 aromatic carbocycles. The van der Waals surface area contributed by atoms with Gasteiger partial charge in [0, 0.05) is 133 Å². The Morgan fingerprint density at radius 1 is 0.489 bits per heavy atom. The lowest BCUT2D eigenvalue weighted by Gasteiger charge is -2.39. The lowest BCUT2D eigenvalue weighted by atomic mass is 9.79. The van der Waals surface area contributed by atoms with Crippen LogP contribution in [0.3, 0.4) is 0 Å². The molecule has 0 saturated heterocycles. The summed E-state index contributed by atoms with van der Waals surface area (Å²) in [5.41, 5.74) is 4.79. The highest BCUT2D eigenvalue weighted by molar-refractivity contribution is 6.31. The molecule has 4 unspecified atom stereocenters. The summed E-state index contributed by atoms with van der Waals surface area (Å²) in [5.74, 6) is -1.01. The van der Waals surface area contributed by atoms with Gasteiger partial charge >= 0.3 is 17.9 Å². The Balaban J connectivity index is 0.000000151. The van der Waals surface area contributed by atoms with Crippen molar-refractivity contribution in [3.05, 3.63) is 134 Å². The fraction of sp³-hybridized carbons (Fsp3) is 0.515. The molecule has 6 aliphatic rings. The number of carbonyl (C=O) groups is 3. The summed E-state index contributed by atoms with van der Waals surface area (Å²) < 4.78 is 43.8. The Kier molecular flexibility index (Phi) is 20.2. The molecule has 0 bridgehead atoms. The van der Waals surface area contributed by atoms with Crippen LogP contribution in [-0.2, 0) is 18.9 Å². The number of halogens is 3. The number of hydrogen-bond acceptors (Lipinski definition) is 16. The zero-order chi connectivity index (χ0) is 66.3. The summed E-state index contributed by atoms with van der Waals surface area (Å²) in [4.78, 5) is 87.1. The van der Waals surface area contributed by atoms with Crippen LogP contribution in [0, 0.1) is 16.2 Å². The highest BCUT2D eigenvalue weighted by Gasteiger charge is 2.51. The first-order chi connectivity index (χ1) is 43.8. The number of pyridine rings is 6. The Morgan fingerprint density at radius 2 is 0.783 bits per heavy atom. The average molecular weight is 1330 g/mol. The van der Waals surface area contributed by atoms with E-state index in [1.165, 1.54) is 30.6 Å². The van der Waals surface area contributed by atoms with E-state index in [2.05, 4.69) is 56.5 Å². The molecule has 2 N–H and O–H groups in total. The van der Waals surface area contributed by atoms with Crippen molar-refractivity contribution in [3.8, 4) is 51.4 Å². The normalized spacial score (nSPS) is 20.7. The number of esters is 1. The first kappa shape index (κ1) is 67.7. The summed E-state index contributed by atoms with van der Waals surface area (Å²) in [6.07, 6.45) is 12.6. The van der Waals surface area contributed by atoms with Crippen LogP contribution in [0.15, 0.2) is 69.4 Å². The van der Waals surface area contributed by atoms with Crippen LogP contribution in [0.1, 0.15) is 190 Å². The average Bonchev–Trinajstić information content (AvgIpc) is 1.44. The van der Waals surface area contributed by atoms with E-state index in [0.29, 0.717) is 91.1 Å². The van der Waals surface area contributed by atoms with E-state index in [-0.39, 0.29) is 96.3 Å². The number of ether oxygens (including phenoxy) is 7. The molecule has 3 fully saturated rings. The van der Waals surface area contributed by atoms with Crippen LogP contribution < -0.4 is 30.5 Å². The van der Waals surface area contributed by atoms with Gasteiger partial charge in [0.05, 0.1) is 60.6 Å². The number of carboxylic acids is 2. The van der Waals surface area contributed by atoms with E-state index in [1.54, 1.807) is 34.4 Å². The third-order valence-corrected chi connectivity index (χ3v) is 19.8. The molecule has 3 saturated carbocycles. The molecule has 492 valence electrons. The molecule has 3 aliphatic carbocycles. The molecular weight excluding hydrogens is 1250 g/mol. The molecule has 6 aromatic rings. The van der Waals surface area contributed by atoms with Gasteiger partial charge in [-0.05, 0) is 96.6 Å². The number of nitrogens with zero attached hydrogens (tertiary/aromatic N) is 6. The number of methoxy groups -OCH3 is 3. The van der Waals surface area contributed by atoms with Crippen molar-refractivity contribution >= 4 is 52.7 Å². The molecule has 92 heavy (non-hydrogen) atoms. The zero-order valence-electron chi connectivity index (χ0n) is 53.5. The third-order valence-electron chi connectivity index (χ3n) is 19.0. The molecule has 12 rings (SSSR count). The Morgan fingerprint density at radius 3 is 1.07 bits per heavy atom. The van der Waals surface area contributed by atoms with E-state index in [4.69, 9.17) is 68.0 Å². The van der Waals surface area contributed by atoms with Gasteiger partial charge in [0.15, 0.2) is 49.0 Å². The fourth-order valence-electron chi connectivity index (χ4n) is 14.8. The molecule has 21 nitrogen and oxygen atoms in total. The molecule has 6 aromatic heterocycles. The van der Waals surface area contributed by atoms with Gasteiger partial charge in [-0.2, -0.15) is 0 Å². The van der Waals surface area contributed by atoms with E-state index in [9.17, 15) is 39.0 Å². The maximum Gasteiger partial charge on any atom is 0.343 e. The first-order valence-corrected chi connectivity index (χ1v) is 32.3. The summed E-state index contributed by atoms with van der Waals surface area (Å²) in [5, 5.41) is 19.6. The minimum atomic E-state index is -1.22. The van der Waals surface area contributed by atoms with Gasteiger partial charge in [0.2, 0.25) is 0 Å². The number of carbonyl (C=O) groups excluding carboxylic acids is 1. The number of carboxylic acid groups (broad SMARTS) is 2. The van der Waals surface area contributed by atoms with Crippen molar-refractivity contribution in [2.24, 2.45) is 16.2 Å². The highest BCUT2D eigenvalue weighted by Crippen LogP contribution is 2.62. The van der Waals surface area contributed by atoms with E-state index >= 15 is 0 Å².